The summed E-state index contributed by atoms with van der Waals surface area (Å²) in [5.74, 6) is -5.31. The SMILES string of the molecule is CC(=O)OCC1=C[C@@H](OC(C)=O)[C@@H]2C=CO[C@H](O[C@@H]3O[C@H](COC(C)=O)[C@H](OC(C)=O)[C@H](OC(C)=O)[C@@H]3OC(C)=O)[C@@H]12. The van der Waals surface area contributed by atoms with Crippen molar-refractivity contribution in [2.75, 3.05) is 13.2 Å². The van der Waals surface area contributed by atoms with Gasteiger partial charge in [-0.15, -0.1) is 0 Å². The molecule has 1 fully saturated rings. The first-order valence-electron chi connectivity index (χ1n) is 13.1. The highest BCUT2D eigenvalue weighted by Crippen LogP contribution is 2.43. The van der Waals surface area contributed by atoms with E-state index in [2.05, 4.69) is 0 Å². The van der Waals surface area contributed by atoms with Crippen molar-refractivity contribution >= 4 is 35.8 Å². The van der Waals surface area contributed by atoms with E-state index in [1.807, 2.05) is 0 Å². The van der Waals surface area contributed by atoms with Gasteiger partial charge in [0.05, 0.1) is 12.2 Å². The molecule has 0 aromatic heterocycles. The minimum absolute atomic E-state index is 0.163. The van der Waals surface area contributed by atoms with Crippen molar-refractivity contribution in [2.24, 2.45) is 11.8 Å². The van der Waals surface area contributed by atoms with Gasteiger partial charge in [0.15, 0.2) is 18.3 Å². The Labute approximate surface area is 241 Å². The third-order valence-electron chi connectivity index (χ3n) is 6.37. The average molecular weight is 599 g/mol. The Bertz CT molecular complexity index is 1130. The molecule has 9 atom stereocenters. The molecular formula is C27H34O15. The molecule has 0 aromatic carbocycles. The lowest BCUT2D eigenvalue weighted by atomic mass is 9.88. The highest BCUT2D eigenvalue weighted by atomic mass is 16.8. The maximum absolute atomic E-state index is 12.1. The third kappa shape index (κ3) is 8.52. The second kappa shape index (κ2) is 14.3. The molecule has 3 aliphatic rings. The first-order valence-corrected chi connectivity index (χ1v) is 13.1. The predicted molar refractivity (Wildman–Crippen MR) is 134 cm³/mol. The van der Waals surface area contributed by atoms with E-state index in [9.17, 15) is 28.8 Å². The van der Waals surface area contributed by atoms with Gasteiger partial charge in [-0.1, -0.05) is 0 Å². The number of hydrogen-bond acceptors (Lipinski definition) is 15. The molecule has 2 aliphatic heterocycles. The fourth-order valence-corrected chi connectivity index (χ4v) is 4.95. The first kappa shape index (κ1) is 32.5. The lowest BCUT2D eigenvalue weighted by molar-refractivity contribution is -0.342. The molecule has 0 bridgehead atoms. The Morgan fingerprint density at radius 3 is 1.83 bits per heavy atom. The van der Waals surface area contributed by atoms with Gasteiger partial charge in [-0.2, -0.15) is 0 Å². The van der Waals surface area contributed by atoms with Gasteiger partial charge in [0.2, 0.25) is 12.6 Å². The maximum Gasteiger partial charge on any atom is 0.303 e. The number of hydrogen-bond donors (Lipinski definition) is 0. The van der Waals surface area contributed by atoms with Gasteiger partial charge < -0.3 is 42.6 Å². The third-order valence-corrected chi connectivity index (χ3v) is 6.37. The lowest BCUT2D eigenvalue weighted by Crippen LogP contribution is -2.63. The Morgan fingerprint density at radius 2 is 1.26 bits per heavy atom. The number of esters is 6. The second-order valence-corrected chi connectivity index (χ2v) is 9.74. The van der Waals surface area contributed by atoms with Crippen LogP contribution >= 0.6 is 0 Å². The van der Waals surface area contributed by atoms with E-state index in [0.29, 0.717) is 5.57 Å². The van der Waals surface area contributed by atoms with Gasteiger partial charge in [0, 0.05) is 47.5 Å². The Kier molecular flexibility index (Phi) is 11.1. The summed E-state index contributed by atoms with van der Waals surface area (Å²) in [6.45, 7) is 6.34. The molecule has 0 unspecified atom stereocenters. The normalized spacial score (nSPS) is 31.4. The molecule has 232 valence electrons. The molecule has 1 aliphatic carbocycles. The lowest BCUT2D eigenvalue weighted by Gasteiger charge is -2.45. The fraction of sp³-hybridized carbons (Fsp3) is 0.630. The molecule has 2 heterocycles. The number of rotatable bonds is 10. The standard InChI is InChI=1S/C27H34O15/c1-12(28)35-10-18-9-20(37-14(3)30)19-7-8-34-26(22(18)19)42-27-25(40-17(6)33)24(39-16(5)32)23(38-15(4)31)21(41-27)11-36-13(2)29/h7-9,19-27H,10-11H2,1-6H3/t19-,20+,21+,22-,23-,24-,25-,26+,27-/m0/s1. The smallest absolute Gasteiger partial charge is 0.303 e. The van der Waals surface area contributed by atoms with Crippen molar-refractivity contribution in [3.63, 3.8) is 0 Å². The minimum Gasteiger partial charge on any atom is -0.472 e. The zero-order valence-electron chi connectivity index (χ0n) is 24.0. The molecule has 42 heavy (non-hydrogen) atoms. The first-order chi connectivity index (χ1) is 19.8. The van der Waals surface area contributed by atoms with E-state index < -0.39 is 97.4 Å². The molecule has 1 saturated heterocycles. The van der Waals surface area contributed by atoms with Crippen LogP contribution < -0.4 is 0 Å². The predicted octanol–water partition coefficient (Wildman–Crippen LogP) is 0.623. The summed E-state index contributed by atoms with van der Waals surface area (Å²) in [6, 6.07) is 0. The van der Waals surface area contributed by atoms with Crippen LogP contribution in [0.3, 0.4) is 0 Å². The minimum atomic E-state index is -1.52. The largest absolute Gasteiger partial charge is 0.472 e. The van der Waals surface area contributed by atoms with E-state index in [-0.39, 0.29) is 6.61 Å². The summed E-state index contributed by atoms with van der Waals surface area (Å²) in [4.78, 5) is 71.1. The van der Waals surface area contributed by atoms with Crippen LogP contribution in [0, 0.1) is 11.8 Å². The van der Waals surface area contributed by atoms with Crippen LogP contribution in [0.4, 0.5) is 0 Å². The van der Waals surface area contributed by atoms with Crippen LogP contribution in [0.15, 0.2) is 24.0 Å². The van der Waals surface area contributed by atoms with E-state index >= 15 is 0 Å². The molecule has 15 nitrogen and oxygen atoms in total. The quantitative estimate of drug-likeness (QED) is 0.193. The Morgan fingerprint density at radius 1 is 0.690 bits per heavy atom. The van der Waals surface area contributed by atoms with Gasteiger partial charge in [-0.3, -0.25) is 28.8 Å². The monoisotopic (exact) mass is 598 g/mol. The molecular weight excluding hydrogens is 564 g/mol. The van der Waals surface area contributed by atoms with Crippen LogP contribution in [-0.4, -0.2) is 92.1 Å². The summed E-state index contributed by atoms with van der Waals surface area (Å²) in [5.41, 5.74) is 0.515. The summed E-state index contributed by atoms with van der Waals surface area (Å²) in [5, 5.41) is 0. The van der Waals surface area contributed by atoms with Crippen molar-refractivity contribution in [1.29, 1.82) is 0 Å². The van der Waals surface area contributed by atoms with Gasteiger partial charge in [0.25, 0.3) is 0 Å². The van der Waals surface area contributed by atoms with E-state index in [1.54, 1.807) is 12.2 Å². The van der Waals surface area contributed by atoms with E-state index in [4.69, 9.17) is 42.6 Å². The highest BCUT2D eigenvalue weighted by Gasteiger charge is 2.55. The summed E-state index contributed by atoms with van der Waals surface area (Å²) >= 11 is 0. The highest BCUT2D eigenvalue weighted by molar-refractivity contribution is 5.69. The van der Waals surface area contributed by atoms with Crippen LogP contribution in [0.25, 0.3) is 0 Å². The molecule has 3 rings (SSSR count). The Balaban J connectivity index is 1.99. The molecule has 0 saturated carbocycles. The Hall–Kier alpha value is -3.98. The van der Waals surface area contributed by atoms with Gasteiger partial charge >= 0.3 is 35.8 Å². The van der Waals surface area contributed by atoms with Crippen LogP contribution in [0.5, 0.6) is 0 Å². The molecule has 0 amide bonds. The van der Waals surface area contributed by atoms with Crippen molar-refractivity contribution in [3.8, 4) is 0 Å². The van der Waals surface area contributed by atoms with Crippen LogP contribution in [0.2, 0.25) is 0 Å². The van der Waals surface area contributed by atoms with Crippen molar-refractivity contribution in [3.05, 3.63) is 24.0 Å². The molecule has 0 aromatic rings. The van der Waals surface area contributed by atoms with Crippen molar-refractivity contribution in [1.82, 2.24) is 0 Å². The average Bonchev–Trinajstić information content (AvgIpc) is 3.22. The second-order valence-electron chi connectivity index (χ2n) is 9.74. The van der Waals surface area contributed by atoms with E-state index in [1.165, 1.54) is 20.1 Å². The van der Waals surface area contributed by atoms with E-state index in [0.717, 1.165) is 27.7 Å². The molecule has 0 spiro atoms. The van der Waals surface area contributed by atoms with Gasteiger partial charge in [-0.25, -0.2) is 0 Å². The topological polar surface area (TPSA) is 185 Å². The van der Waals surface area contributed by atoms with Crippen LogP contribution in [-0.2, 0) is 71.4 Å². The maximum atomic E-state index is 12.1. The molecule has 0 N–H and O–H groups in total. The van der Waals surface area contributed by atoms with Crippen molar-refractivity contribution < 1.29 is 71.4 Å². The summed E-state index contributed by atoms with van der Waals surface area (Å²) in [7, 11) is 0. The van der Waals surface area contributed by atoms with Gasteiger partial charge in [-0.05, 0) is 17.7 Å². The number of ether oxygens (including phenoxy) is 9. The number of fused-ring (bicyclic) bond motifs is 1. The fourth-order valence-electron chi connectivity index (χ4n) is 4.95. The van der Waals surface area contributed by atoms with Crippen LogP contribution in [0.1, 0.15) is 41.5 Å². The van der Waals surface area contributed by atoms with Crippen molar-refractivity contribution in [2.45, 2.75) is 84.6 Å². The summed E-state index contributed by atoms with van der Waals surface area (Å²) in [6.07, 6.45) is -4.37. The number of carbonyl (C=O) groups is 6. The number of carbonyl (C=O) groups excluding carboxylic acids is 6. The zero-order valence-corrected chi connectivity index (χ0v) is 24.0. The summed E-state index contributed by atoms with van der Waals surface area (Å²) < 4.78 is 49.9. The molecule has 0 radical (unpaired) electrons. The molecule has 15 heteroatoms. The van der Waals surface area contributed by atoms with Gasteiger partial charge in [0.1, 0.15) is 25.4 Å². The zero-order chi connectivity index (χ0) is 31.1.